The Morgan fingerprint density at radius 2 is 2.12 bits per heavy atom. The van der Waals surface area contributed by atoms with Gasteiger partial charge in [-0.25, -0.2) is 0 Å². The van der Waals surface area contributed by atoms with E-state index in [1.54, 1.807) is 6.92 Å². The highest BCUT2D eigenvalue weighted by molar-refractivity contribution is 5.98. The number of fused-ring (bicyclic) bond motifs is 1. The number of ketones is 1. The van der Waals surface area contributed by atoms with Gasteiger partial charge >= 0.3 is 0 Å². The number of aryl methyl sites for hydroxylation is 1. The van der Waals surface area contributed by atoms with E-state index in [1.165, 1.54) is 0 Å². The van der Waals surface area contributed by atoms with Gasteiger partial charge in [0.1, 0.15) is 5.75 Å². The Morgan fingerprint density at radius 3 is 2.75 bits per heavy atom. The minimum atomic E-state index is 0.0802. The highest BCUT2D eigenvalue weighted by atomic mass is 16.5. The summed E-state index contributed by atoms with van der Waals surface area (Å²) in [5.41, 5.74) is 1.75. The molecule has 0 radical (unpaired) electrons. The minimum Gasteiger partial charge on any atom is -0.494 e. The molecule has 84 valence electrons. The number of benzene rings is 1. The fraction of sp³-hybridized carbons (Fsp3) is 0.308. The summed E-state index contributed by atoms with van der Waals surface area (Å²) in [4.78, 5) is 11.4. The Bertz CT molecular complexity index is 540. The first-order chi connectivity index (χ1) is 7.63. The van der Waals surface area contributed by atoms with Crippen LogP contribution in [0.2, 0.25) is 0 Å². The number of hydrogen-bond donors (Lipinski definition) is 0. The molecule has 16 heavy (non-hydrogen) atoms. The SMILES string of the molecule is CCOc1ccc2cc(C(C)=O)n(C)c2c1. The third kappa shape index (κ3) is 1.69. The molecule has 0 amide bonds. The van der Waals surface area contributed by atoms with Gasteiger partial charge in [-0.05, 0) is 25.1 Å². The number of rotatable bonds is 3. The monoisotopic (exact) mass is 217 g/mol. The van der Waals surface area contributed by atoms with Crippen LogP contribution < -0.4 is 4.74 Å². The molecule has 1 aromatic heterocycles. The van der Waals surface area contributed by atoms with Crippen molar-refractivity contribution < 1.29 is 9.53 Å². The zero-order valence-electron chi connectivity index (χ0n) is 9.78. The number of aromatic nitrogens is 1. The zero-order chi connectivity index (χ0) is 11.7. The molecule has 0 atom stereocenters. The van der Waals surface area contributed by atoms with Crippen molar-refractivity contribution in [1.82, 2.24) is 4.57 Å². The van der Waals surface area contributed by atoms with Gasteiger partial charge in [0.25, 0.3) is 0 Å². The van der Waals surface area contributed by atoms with Crippen molar-refractivity contribution in [3.63, 3.8) is 0 Å². The van der Waals surface area contributed by atoms with Crippen LogP contribution in [0.15, 0.2) is 24.3 Å². The molecule has 0 aliphatic rings. The molecule has 1 aromatic carbocycles. The van der Waals surface area contributed by atoms with E-state index in [4.69, 9.17) is 4.74 Å². The van der Waals surface area contributed by atoms with Gasteiger partial charge in [-0.1, -0.05) is 0 Å². The van der Waals surface area contributed by atoms with Crippen LogP contribution in [0.3, 0.4) is 0 Å². The molecule has 0 saturated heterocycles. The first kappa shape index (κ1) is 10.7. The normalized spacial score (nSPS) is 10.7. The smallest absolute Gasteiger partial charge is 0.176 e. The van der Waals surface area contributed by atoms with Gasteiger partial charge in [0.15, 0.2) is 5.78 Å². The summed E-state index contributed by atoms with van der Waals surface area (Å²) in [7, 11) is 1.90. The molecule has 2 rings (SSSR count). The third-order valence-electron chi connectivity index (χ3n) is 2.69. The summed E-state index contributed by atoms with van der Waals surface area (Å²) < 4.78 is 7.34. The first-order valence-corrected chi connectivity index (χ1v) is 5.36. The van der Waals surface area contributed by atoms with E-state index in [1.807, 2.05) is 42.8 Å². The Morgan fingerprint density at radius 1 is 1.38 bits per heavy atom. The molecule has 0 spiro atoms. The second-order valence-electron chi connectivity index (χ2n) is 3.80. The number of carbonyl (C=O) groups excluding carboxylic acids is 1. The maximum absolute atomic E-state index is 11.4. The fourth-order valence-corrected chi connectivity index (χ4v) is 1.90. The van der Waals surface area contributed by atoms with Crippen molar-refractivity contribution in [2.75, 3.05) is 6.61 Å². The largest absolute Gasteiger partial charge is 0.494 e. The summed E-state index contributed by atoms with van der Waals surface area (Å²) in [6.07, 6.45) is 0. The van der Waals surface area contributed by atoms with Gasteiger partial charge in [0.2, 0.25) is 0 Å². The Kier molecular flexibility index (Phi) is 2.69. The van der Waals surface area contributed by atoms with Gasteiger partial charge in [-0.2, -0.15) is 0 Å². The van der Waals surface area contributed by atoms with E-state index in [9.17, 15) is 4.79 Å². The molecule has 0 aliphatic carbocycles. The van der Waals surface area contributed by atoms with E-state index in [0.29, 0.717) is 6.61 Å². The maximum atomic E-state index is 11.4. The summed E-state index contributed by atoms with van der Waals surface area (Å²) in [6.45, 7) is 4.18. The molecule has 0 aliphatic heterocycles. The number of carbonyl (C=O) groups is 1. The van der Waals surface area contributed by atoms with Crippen molar-refractivity contribution in [1.29, 1.82) is 0 Å². The fourth-order valence-electron chi connectivity index (χ4n) is 1.90. The van der Waals surface area contributed by atoms with Crippen molar-refractivity contribution in [2.24, 2.45) is 7.05 Å². The highest BCUT2D eigenvalue weighted by Gasteiger charge is 2.09. The van der Waals surface area contributed by atoms with E-state index in [-0.39, 0.29) is 5.78 Å². The van der Waals surface area contributed by atoms with Gasteiger partial charge in [-0.15, -0.1) is 0 Å². The van der Waals surface area contributed by atoms with Crippen molar-refractivity contribution in [3.05, 3.63) is 30.0 Å². The summed E-state index contributed by atoms with van der Waals surface area (Å²) >= 11 is 0. The van der Waals surface area contributed by atoms with Crippen LogP contribution in [0.5, 0.6) is 5.75 Å². The molecule has 3 nitrogen and oxygen atoms in total. The van der Waals surface area contributed by atoms with Crippen LogP contribution in [0, 0.1) is 0 Å². The van der Waals surface area contributed by atoms with Crippen molar-refractivity contribution in [2.45, 2.75) is 13.8 Å². The van der Waals surface area contributed by atoms with Gasteiger partial charge in [0.05, 0.1) is 17.8 Å². The quantitative estimate of drug-likeness (QED) is 0.740. The number of ether oxygens (including phenoxy) is 1. The van der Waals surface area contributed by atoms with Crippen LogP contribution in [-0.2, 0) is 7.05 Å². The molecular formula is C13H15NO2. The summed E-state index contributed by atoms with van der Waals surface area (Å²) in [5, 5.41) is 1.07. The first-order valence-electron chi connectivity index (χ1n) is 5.36. The van der Waals surface area contributed by atoms with E-state index in [2.05, 4.69) is 0 Å². The maximum Gasteiger partial charge on any atom is 0.176 e. The van der Waals surface area contributed by atoms with Crippen molar-refractivity contribution in [3.8, 4) is 5.75 Å². The van der Waals surface area contributed by atoms with Crippen LogP contribution in [0.1, 0.15) is 24.3 Å². The van der Waals surface area contributed by atoms with Crippen LogP contribution >= 0.6 is 0 Å². The molecular weight excluding hydrogens is 202 g/mol. The van der Waals surface area contributed by atoms with E-state index >= 15 is 0 Å². The molecule has 0 fully saturated rings. The van der Waals surface area contributed by atoms with Crippen LogP contribution in [-0.4, -0.2) is 17.0 Å². The lowest BCUT2D eigenvalue weighted by atomic mass is 10.2. The van der Waals surface area contributed by atoms with Gasteiger partial charge in [0, 0.05) is 25.4 Å². The second-order valence-corrected chi connectivity index (χ2v) is 3.80. The lowest BCUT2D eigenvalue weighted by Gasteiger charge is -2.04. The molecule has 0 unspecified atom stereocenters. The van der Waals surface area contributed by atoms with Gasteiger partial charge < -0.3 is 9.30 Å². The minimum absolute atomic E-state index is 0.0802. The average molecular weight is 217 g/mol. The number of hydrogen-bond acceptors (Lipinski definition) is 2. The van der Waals surface area contributed by atoms with E-state index in [0.717, 1.165) is 22.3 Å². The average Bonchev–Trinajstić information content (AvgIpc) is 2.57. The number of nitrogens with zero attached hydrogens (tertiary/aromatic N) is 1. The Hall–Kier alpha value is -1.77. The lowest BCUT2D eigenvalue weighted by molar-refractivity contribution is 0.101. The van der Waals surface area contributed by atoms with E-state index < -0.39 is 0 Å². The summed E-state index contributed by atoms with van der Waals surface area (Å²) in [6, 6.07) is 7.78. The third-order valence-corrected chi connectivity index (χ3v) is 2.69. The topological polar surface area (TPSA) is 31.2 Å². The predicted molar refractivity (Wildman–Crippen MR) is 64.1 cm³/mol. The van der Waals surface area contributed by atoms with Crippen LogP contribution in [0.4, 0.5) is 0 Å². The van der Waals surface area contributed by atoms with Crippen LogP contribution in [0.25, 0.3) is 10.9 Å². The Labute approximate surface area is 94.6 Å². The predicted octanol–water partition coefficient (Wildman–Crippen LogP) is 2.78. The molecule has 2 aromatic rings. The van der Waals surface area contributed by atoms with Crippen molar-refractivity contribution >= 4 is 16.7 Å². The lowest BCUT2D eigenvalue weighted by Crippen LogP contribution is -2.00. The summed E-state index contributed by atoms with van der Waals surface area (Å²) in [5.74, 6) is 0.919. The molecule has 0 bridgehead atoms. The zero-order valence-corrected chi connectivity index (χ0v) is 9.78. The second kappa shape index (κ2) is 4.00. The standard InChI is InChI=1S/C13H15NO2/c1-4-16-11-6-5-10-7-12(9(2)15)14(3)13(10)8-11/h5-8H,4H2,1-3H3. The molecule has 0 N–H and O–H groups in total. The molecule has 0 saturated carbocycles. The highest BCUT2D eigenvalue weighted by Crippen LogP contribution is 2.24. The molecule has 3 heteroatoms. The van der Waals surface area contributed by atoms with Gasteiger partial charge in [-0.3, -0.25) is 4.79 Å². The molecule has 1 heterocycles. The number of Topliss-reactive ketones (excluding diaryl/α,β-unsaturated/α-hetero) is 1. The Balaban J connectivity index is 2.59.